The van der Waals surface area contributed by atoms with E-state index in [9.17, 15) is 45.3 Å². The van der Waals surface area contributed by atoms with Crippen LogP contribution >= 0.6 is 0 Å². The average Bonchev–Trinajstić information content (AvgIpc) is 3.08. The monoisotopic (exact) mass is 681 g/mol. The number of aliphatic hydroxyl groups is 7. The van der Waals surface area contributed by atoms with Gasteiger partial charge in [-0.1, -0.05) is 30.2 Å². The number of β-amino-alcohol motifs (C(OH)–C–C–N with tert-alkyl or cyclic N) is 1. The second kappa shape index (κ2) is 18.0. The highest BCUT2D eigenvalue weighted by atomic mass is 16.8. The molecule has 9 atom stereocenters. The molecule has 48 heavy (non-hydrogen) atoms. The van der Waals surface area contributed by atoms with Crippen LogP contribution in [0.3, 0.4) is 0 Å². The van der Waals surface area contributed by atoms with Crippen molar-refractivity contribution in [2.24, 2.45) is 11.8 Å². The molecule has 268 valence electrons. The maximum absolute atomic E-state index is 13.5. The van der Waals surface area contributed by atoms with Crippen molar-refractivity contribution in [3.8, 4) is 0 Å². The van der Waals surface area contributed by atoms with E-state index in [4.69, 9.17) is 24.1 Å². The van der Waals surface area contributed by atoms with Gasteiger partial charge < -0.3 is 64.7 Å². The van der Waals surface area contributed by atoms with Crippen molar-refractivity contribution in [1.29, 1.82) is 0 Å². The highest BCUT2D eigenvalue weighted by Gasteiger charge is 2.47. The summed E-state index contributed by atoms with van der Waals surface area (Å²) in [4.78, 5) is 27.0. The Labute approximate surface area is 278 Å². The van der Waals surface area contributed by atoms with Crippen LogP contribution in [0.15, 0.2) is 59.1 Å². The first-order chi connectivity index (χ1) is 23.1. The van der Waals surface area contributed by atoms with Crippen LogP contribution in [0.2, 0.25) is 0 Å². The van der Waals surface area contributed by atoms with Gasteiger partial charge in [-0.15, -0.1) is 0 Å². The van der Waals surface area contributed by atoms with Crippen LogP contribution in [0.25, 0.3) is 0 Å². The van der Waals surface area contributed by atoms with E-state index in [1.807, 2.05) is 6.08 Å². The zero-order valence-electron chi connectivity index (χ0n) is 26.6. The number of hydrogen-bond acceptors (Lipinski definition) is 14. The molecule has 0 radical (unpaired) electrons. The lowest BCUT2D eigenvalue weighted by Gasteiger charge is -2.43. The number of aliphatic hydroxyl groups excluding tert-OH is 7. The number of carboxylic acid groups (broad SMARTS) is 1. The molecule has 2 fully saturated rings. The van der Waals surface area contributed by atoms with Gasteiger partial charge in [0.05, 0.1) is 55.9 Å². The van der Waals surface area contributed by atoms with Crippen molar-refractivity contribution in [2.75, 3.05) is 39.5 Å². The summed E-state index contributed by atoms with van der Waals surface area (Å²) in [5.41, 5.74) is 1.73. The van der Waals surface area contributed by atoms with Crippen LogP contribution in [0, 0.1) is 11.8 Å². The molecule has 15 heteroatoms. The maximum Gasteiger partial charge on any atom is 0.337 e. The quantitative estimate of drug-likeness (QED) is 0.0829. The lowest BCUT2D eigenvalue weighted by molar-refractivity contribution is -0.338. The first kappa shape index (κ1) is 37.7. The SMILES string of the molecule is O=C(O)C1=CC(/C=C/[C@@H]2C(C(=O)OCC[C@H](O)CO)=CO[C@@H](O[C@@H]3O[C@H](CO)[C@@H](O)[C@H](O)[C@H]3O)[C@@H]2C=C2CCCCC2)=CN(CCO)C1. The molecule has 3 heterocycles. The van der Waals surface area contributed by atoms with E-state index >= 15 is 0 Å². The Morgan fingerprint density at radius 3 is 2.46 bits per heavy atom. The summed E-state index contributed by atoms with van der Waals surface area (Å²) in [7, 11) is 0. The number of rotatable bonds is 14. The van der Waals surface area contributed by atoms with E-state index in [2.05, 4.69) is 0 Å². The third-order valence-electron chi connectivity index (χ3n) is 8.79. The Hall–Kier alpha value is -3.12. The molecular formula is C33H47NO14. The van der Waals surface area contributed by atoms with Crippen LogP contribution < -0.4 is 0 Å². The lowest BCUT2D eigenvalue weighted by Crippen LogP contribution is -2.60. The average molecular weight is 682 g/mol. The number of allylic oxidation sites excluding steroid dienone is 5. The van der Waals surface area contributed by atoms with Crippen molar-refractivity contribution in [2.45, 2.75) is 81.6 Å². The van der Waals surface area contributed by atoms with E-state index in [0.29, 0.717) is 5.57 Å². The molecule has 1 saturated carbocycles. The maximum atomic E-state index is 13.5. The molecule has 0 bridgehead atoms. The second-order valence-electron chi connectivity index (χ2n) is 12.3. The van der Waals surface area contributed by atoms with Crippen LogP contribution in [0.4, 0.5) is 0 Å². The molecule has 1 aliphatic carbocycles. The predicted molar refractivity (Wildman–Crippen MR) is 166 cm³/mol. The van der Waals surface area contributed by atoms with E-state index in [1.54, 1.807) is 23.3 Å². The molecule has 0 spiro atoms. The first-order valence-electron chi connectivity index (χ1n) is 16.2. The summed E-state index contributed by atoms with van der Waals surface area (Å²) >= 11 is 0. The standard InChI is InChI=1S/C33H47NO14/c35-10-9-34-14-20(12-21(15-34)30(42)43)6-7-23-24(13-19-4-2-1-3-5-19)32(46-18-25(23)31(44)45-11-8-22(38)16-36)48-33-29(41)28(40)27(39)26(17-37)47-33/h6-7,12-14,18,22-24,26-29,32-33,35-41H,1-5,8-11,15-17H2,(H,42,43)/b7-6+/t22-,23-,24+,26+,27+,28-,29+,32-,33-/m0/s1. The number of carbonyl (C=O) groups is 2. The fourth-order valence-electron chi connectivity index (χ4n) is 6.09. The number of esters is 1. The molecule has 3 aliphatic heterocycles. The molecule has 0 amide bonds. The Kier molecular flexibility index (Phi) is 14.2. The fraction of sp³-hybridized carbons (Fsp3) is 0.636. The minimum absolute atomic E-state index is 0.0104. The summed E-state index contributed by atoms with van der Waals surface area (Å²) < 4.78 is 23.0. The first-order valence-corrected chi connectivity index (χ1v) is 16.2. The summed E-state index contributed by atoms with van der Waals surface area (Å²) in [5.74, 6) is -3.45. The van der Waals surface area contributed by atoms with Crippen molar-refractivity contribution in [3.05, 3.63) is 59.1 Å². The van der Waals surface area contributed by atoms with Crippen LogP contribution in [-0.2, 0) is 28.5 Å². The van der Waals surface area contributed by atoms with Gasteiger partial charge in [0.15, 0.2) is 6.29 Å². The number of nitrogens with zero attached hydrogens (tertiary/aromatic N) is 1. The Bertz CT molecular complexity index is 1250. The van der Waals surface area contributed by atoms with Crippen molar-refractivity contribution in [1.82, 2.24) is 4.90 Å². The summed E-state index contributed by atoms with van der Waals surface area (Å²) in [6.45, 7) is -1.28. The van der Waals surface area contributed by atoms with E-state index in [-0.39, 0.29) is 43.9 Å². The Balaban J connectivity index is 1.72. The summed E-state index contributed by atoms with van der Waals surface area (Å²) in [6.07, 6.45) is 4.04. The zero-order chi connectivity index (χ0) is 34.8. The van der Waals surface area contributed by atoms with Gasteiger partial charge in [-0.25, -0.2) is 9.59 Å². The van der Waals surface area contributed by atoms with Gasteiger partial charge in [0.2, 0.25) is 6.29 Å². The van der Waals surface area contributed by atoms with E-state index in [0.717, 1.165) is 43.9 Å². The molecule has 8 N–H and O–H groups in total. The largest absolute Gasteiger partial charge is 0.478 e. The third kappa shape index (κ3) is 9.74. The van der Waals surface area contributed by atoms with Crippen molar-refractivity contribution in [3.63, 3.8) is 0 Å². The summed E-state index contributed by atoms with van der Waals surface area (Å²) in [6, 6.07) is 0. The van der Waals surface area contributed by atoms with Gasteiger partial charge >= 0.3 is 11.9 Å². The number of carbonyl (C=O) groups excluding carboxylic acids is 1. The van der Waals surface area contributed by atoms with Gasteiger partial charge in [0.1, 0.15) is 24.4 Å². The van der Waals surface area contributed by atoms with Crippen LogP contribution in [-0.4, -0.2) is 140 Å². The minimum Gasteiger partial charge on any atom is -0.478 e. The van der Waals surface area contributed by atoms with Gasteiger partial charge in [0, 0.05) is 31.6 Å². The number of hydrogen-bond donors (Lipinski definition) is 8. The van der Waals surface area contributed by atoms with Crippen LogP contribution in [0.1, 0.15) is 38.5 Å². The number of ether oxygens (including phenoxy) is 4. The smallest absolute Gasteiger partial charge is 0.337 e. The van der Waals surface area contributed by atoms with E-state index < -0.39 is 80.1 Å². The second-order valence-corrected chi connectivity index (χ2v) is 12.3. The molecule has 4 rings (SSSR count). The lowest BCUT2D eigenvalue weighted by atomic mass is 9.80. The molecule has 0 aromatic rings. The molecule has 0 aromatic carbocycles. The van der Waals surface area contributed by atoms with Crippen LogP contribution in [0.5, 0.6) is 0 Å². The molecule has 4 aliphatic rings. The molecule has 15 nitrogen and oxygen atoms in total. The normalized spacial score (nSPS) is 31.8. The topological polar surface area (TPSA) is 236 Å². The molecular weight excluding hydrogens is 634 g/mol. The number of aliphatic carboxylic acids is 1. The zero-order valence-corrected chi connectivity index (χ0v) is 26.6. The summed E-state index contributed by atoms with van der Waals surface area (Å²) in [5, 5.41) is 79.0. The minimum atomic E-state index is -1.71. The number of carboxylic acids is 1. The Morgan fingerprint density at radius 2 is 1.79 bits per heavy atom. The molecule has 0 unspecified atom stereocenters. The van der Waals surface area contributed by atoms with Gasteiger partial charge in [0.25, 0.3) is 0 Å². The predicted octanol–water partition coefficient (Wildman–Crippen LogP) is -0.788. The van der Waals surface area contributed by atoms with E-state index in [1.165, 1.54) is 6.08 Å². The highest BCUT2D eigenvalue weighted by Crippen LogP contribution is 2.39. The molecule has 1 saturated heterocycles. The fourth-order valence-corrected chi connectivity index (χ4v) is 6.09. The van der Waals surface area contributed by atoms with Gasteiger partial charge in [-0.05, 0) is 37.3 Å². The van der Waals surface area contributed by atoms with Crippen molar-refractivity contribution >= 4 is 11.9 Å². The van der Waals surface area contributed by atoms with Gasteiger partial charge in [-0.3, -0.25) is 0 Å². The highest BCUT2D eigenvalue weighted by molar-refractivity contribution is 5.90. The Morgan fingerprint density at radius 1 is 1.04 bits per heavy atom. The van der Waals surface area contributed by atoms with Gasteiger partial charge in [-0.2, -0.15) is 0 Å². The van der Waals surface area contributed by atoms with Crippen molar-refractivity contribution < 1.29 is 69.4 Å². The third-order valence-corrected chi connectivity index (χ3v) is 8.79. The molecule has 0 aromatic heterocycles.